The average Bonchev–Trinajstić information content (AvgIpc) is 2.91. The molecule has 0 radical (unpaired) electrons. The Morgan fingerprint density at radius 1 is 1.20 bits per heavy atom. The maximum atomic E-state index is 5.96. The third-order valence-corrected chi connectivity index (χ3v) is 4.22. The number of imidazole rings is 1. The number of nitrogen functional groups attached to an aromatic ring is 1. The van der Waals surface area contributed by atoms with Crippen LogP contribution in [-0.2, 0) is 0 Å². The molecule has 4 nitrogen and oxygen atoms in total. The Kier molecular flexibility index (Phi) is 3.28. The number of benzene rings is 1. The van der Waals surface area contributed by atoms with Crippen LogP contribution in [0.1, 0.15) is 5.56 Å². The molecule has 0 bridgehead atoms. The lowest BCUT2D eigenvalue weighted by molar-refractivity contribution is 1.05. The summed E-state index contributed by atoms with van der Waals surface area (Å²) in [7, 11) is 0. The highest BCUT2D eigenvalue weighted by molar-refractivity contribution is 9.10. The van der Waals surface area contributed by atoms with Crippen molar-refractivity contribution in [1.29, 1.82) is 0 Å². The van der Waals surface area contributed by atoms with Gasteiger partial charge in [0.05, 0.1) is 23.9 Å². The number of halogens is 1. The molecule has 0 fully saturated rings. The molecule has 0 aliphatic heterocycles. The highest BCUT2D eigenvalue weighted by Crippen LogP contribution is 2.30. The summed E-state index contributed by atoms with van der Waals surface area (Å²) in [6.45, 7) is 2.06. The first kappa shape index (κ1) is 12.9. The van der Waals surface area contributed by atoms with Gasteiger partial charge in [0.1, 0.15) is 5.82 Å². The lowest BCUT2D eigenvalue weighted by atomic mass is 10.1. The molecule has 2 heterocycles. The normalized spacial score (nSPS) is 10.7. The van der Waals surface area contributed by atoms with E-state index < -0.39 is 0 Å². The lowest BCUT2D eigenvalue weighted by Crippen LogP contribution is -2.00. The Balaban J connectivity index is 2.21. The maximum Gasteiger partial charge on any atom is 0.132 e. The smallest absolute Gasteiger partial charge is 0.132 e. The summed E-state index contributed by atoms with van der Waals surface area (Å²) in [4.78, 5) is 8.38. The minimum absolute atomic E-state index is 0.498. The topological polar surface area (TPSA) is 56.7 Å². The Bertz CT molecular complexity index is 764. The molecule has 1 aromatic carbocycles. The van der Waals surface area contributed by atoms with Gasteiger partial charge in [0.2, 0.25) is 0 Å². The van der Waals surface area contributed by atoms with E-state index >= 15 is 0 Å². The zero-order valence-electron chi connectivity index (χ0n) is 10.9. The van der Waals surface area contributed by atoms with Crippen LogP contribution < -0.4 is 5.73 Å². The molecule has 0 unspecified atom stereocenters. The Hall–Kier alpha value is -2.14. The Labute approximate surface area is 125 Å². The van der Waals surface area contributed by atoms with E-state index in [1.165, 1.54) is 5.56 Å². The fraction of sp³-hybridized carbons (Fsp3) is 0.0667. The van der Waals surface area contributed by atoms with Gasteiger partial charge in [0, 0.05) is 16.2 Å². The quantitative estimate of drug-likeness (QED) is 0.782. The number of hydrogen-bond acceptors (Lipinski definition) is 3. The minimum Gasteiger partial charge on any atom is -0.383 e. The molecule has 0 saturated carbocycles. The van der Waals surface area contributed by atoms with Crippen LogP contribution >= 0.6 is 15.9 Å². The van der Waals surface area contributed by atoms with Crippen LogP contribution in [0.3, 0.4) is 0 Å². The zero-order chi connectivity index (χ0) is 14.1. The summed E-state index contributed by atoms with van der Waals surface area (Å²) < 4.78 is 3.05. The van der Waals surface area contributed by atoms with Gasteiger partial charge in [-0.05, 0) is 46.6 Å². The first-order valence-electron chi connectivity index (χ1n) is 6.17. The Morgan fingerprint density at radius 2 is 2.05 bits per heavy atom. The van der Waals surface area contributed by atoms with Crippen molar-refractivity contribution in [2.24, 2.45) is 0 Å². The molecule has 0 aliphatic rings. The van der Waals surface area contributed by atoms with E-state index in [-0.39, 0.29) is 0 Å². The molecule has 2 N–H and O–H groups in total. The van der Waals surface area contributed by atoms with Crippen molar-refractivity contribution < 1.29 is 0 Å². The Morgan fingerprint density at radius 3 is 2.85 bits per heavy atom. The summed E-state index contributed by atoms with van der Waals surface area (Å²) in [5.74, 6) is 0.498. The van der Waals surface area contributed by atoms with Crippen molar-refractivity contribution in [3.05, 3.63) is 59.1 Å². The van der Waals surface area contributed by atoms with Crippen molar-refractivity contribution in [3.63, 3.8) is 0 Å². The number of pyridine rings is 1. The molecule has 0 saturated heterocycles. The van der Waals surface area contributed by atoms with Crippen LogP contribution in [0.2, 0.25) is 0 Å². The number of hydrogen-bond donors (Lipinski definition) is 1. The second-order valence-corrected chi connectivity index (χ2v) is 5.29. The van der Waals surface area contributed by atoms with Crippen LogP contribution in [0.5, 0.6) is 0 Å². The fourth-order valence-electron chi connectivity index (χ4n) is 2.14. The third-order valence-electron chi connectivity index (χ3n) is 3.18. The summed E-state index contributed by atoms with van der Waals surface area (Å²) >= 11 is 3.63. The third kappa shape index (κ3) is 2.10. The molecule has 3 rings (SSSR count). The van der Waals surface area contributed by atoms with Gasteiger partial charge in [-0.1, -0.05) is 12.1 Å². The van der Waals surface area contributed by atoms with Crippen LogP contribution in [0.15, 0.2) is 53.5 Å². The van der Waals surface area contributed by atoms with Crippen molar-refractivity contribution in [2.75, 3.05) is 5.73 Å². The van der Waals surface area contributed by atoms with Gasteiger partial charge in [0.15, 0.2) is 0 Å². The van der Waals surface area contributed by atoms with Crippen LogP contribution in [0.4, 0.5) is 5.82 Å². The van der Waals surface area contributed by atoms with Crippen molar-refractivity contribution in [3.8, 4) is 16.9 Å². The van der Waals surface area contributed by atoms with Gasteiger partial charge in [-0.25, -0.2) is 9.97 Å². The monoisotopic (exact) mass is 328 g/mol. The lowest BCUT2D eigenvalue weighted by Gasteiger charge is -2.12. The number of rotatable bonds is 2. The van der Waals surface area contributed by atoms with E-state index in [0.29, 0.717) is 5.82 Å². The summed E-state index contributed by atoms with van der Waals surface area (Å²) in [5.41, 5.74) is 9.95. The predicted molar refractivity (Wildman–Crippen MR) is 83.6 cm³/mol. The zero-order valence-corrected chi connectivity index (χ0v) is 12.5. The summed E-state index contributed by atoms with van der Waals surface area (Å²) in [6.07, 6.45) is 5.26. The molecule has 0 amide bonds. The molecule has 2 aromatic heterocycles. The van der Waals surface area contributed by atoms with Crippen LogP contribution in [0.25, 0.3) is 16.9 Å². The second kappa shape index (κ2) is 5.09. The predicted octanol–water partition coefficient (Wildman–Crippen LogP) is 3.59. The van der Waals surface area contributed by atoms with E-state index in [1.807, 2.05) is 28.8 Å². The van der Waals surface area contributed by atoms with Gasteiger partial charge in [-0.15, -0.1) is 0 Å². The van der Waals surface area contributed by atoms with E-state index in [0.717, 1.165) is 21.4 Å². The average molecular weight is 329 g/mol. The molecule has 0 aliphatic carbocycles. The molecule has 3 aromatic rings. The molecular weight excluding hydrogens is 316 g/mol. The molecule has 5 heteroatoms. The molecular formula is C15H13BrN4. The highest BCUT2D eigenvalue weighted by Gasteiger charge is 2.12. The summed E-state index contributed by atoms with van der Waals surface area (Å²) in [5, 5.41) is 0. The number of aromatic nitrogens is 3. The van der Waals surface area contributed by atoms with Gasteiger partial charge in [-0.3, -0.25) is 4.57 Å². The van der Waals surface area contributed by atoms with Crippen molar-refractivity contribution in [2.45, 2.75) is 6.92 Å². The molecule has 20 heavy (non-hydrogen) atoms. The van der Waals surface area contributed by atoms with E-state index in [2.05, 4.69) is 38.9 Å². The number of nitrogens with two attached hydrogens (primary N) is 1. The fourth-order valence-corrected chi connectivity index (χ4v) is 2.59. The first-order chi connectivity index (χ1) is 9.68. The van der Waals surface area contributed by atoms with Crippen molar-refractivity contribution in [1.82, 2.24) is 14.5 Å². The van der Waals surface area contributed by atoms with Crippen LogP contribution in [-0.4, -0.2) is 14.5 Å². The number of anilines is 1. The summed E-state index contributed by atoms with van der Waals surface area (Å²) in [6, 6.07) is 9.93. The van der Waals surface area contributed by atoms with Gasteiger partial charge >= 0.3 is 0 Å². The van der Waals surface area contributed by atoms with Crippen molar-refractivity contribution >= 4 is 21.7 Å². The maximum absolute atomic E-state index is 5.96. The van der Waals surface area contributed by atoms with Gasteiger partial charge in [-0.2, -0.15) is 0 Å². The van der Waals surface area contributed by atoms with E-state index in [1.54, 1.807) is 18.7 Å². The van der Waals surface area contributed by atoms with E-state index in [4.69, 9.17) is 5.73 Å². The molecule has 0 atom stereocenters. The minimum atomic E-state index is 0.498. The van der Waals surface area contributed by atoms with Crippen LogP contribution in [0, 0.1) is 6.92 Å². The largest absolute Gasteiger partial charge is 0.383 e. The van der Waals surface area contributed by atoms with Gasteiger partial charge in [0.25, 0.3) is 0 Å². The van der Waals surface area contributed by atoms with E-state index in [9.17, 15) is 0 Å². The molecule has 0 spiro atoms. The second-order valence-electron chi connectivity index (χ2n) is 4.49. The SMILES string of the molecule is Cc1cccc(-n2cncc2-c2cccnc2N)c1Br. The molecule has 100 valence electrons. The number of aryl methyl sites for hydroxylation is 1. The first-order valence-corrected chi connectivity index (χ1v) is 6.96. The van der Waals surface area contributed by atoms with Gasteiger partial charge < -0.3 is 5.73 Å². The highest BCUT2D eigenvalue weighted by atomic mass is 79.9. The standard InChI is InChI=1S/C15H13BrN4/c1-10-4-2-6-12(14(10)16)20-9-18-8-13(20)11-5-3-7-19-15(11)17/h2-9H,1H3,(H2,17,19). The number of nitrogens with zero attached hydrogens (tertiary/aromatic N) is 3.